The van der Waals surface area contributed by atoms with Gasteiger partial charge in [0.15, 0.2) is 5.78 Å². The van der Waals surface area contributed by atoms with Crippen molar-refractivity contribution in [3.05, 3.63) is 87.6 Å². The number of nitrogens with zero attached hydrogens (tertiary/aromatic N) is 2. The number of aryl methyl sites for hydroxylation is 1. The van der Waals surface area contributed by atoms with E-state index in [0.29, 0.717) is 18.7 Å². The van der Waals surface area contributed by atoms with Crippen LogP contribution in [0.3, 0.4) is 0 Å². The standard InChI is InChI=1S/C25H22N4O2S/c30-21-8-4-7-20-24(21)19(11-16-5-2-1-3-6-16)25(28-20)17-9-10-26-22(12-17)29-23(31)13-18-14-32-15-27-18/h1-3,5-6,9-10,12,14-15,28H,4,7-8,11,13H2,(H,26,29,31). The van der Waals surface area contributed by atoms with Crippen LogP contribution in [0.15, 0.2) is 59.6 Å². The molecule has 2 N–H and O–H groups in total. The minimum Gasteiger partial charge on any atom is -0.358 e. The highest BCUT2D eigenvalue weighted by atomic mass is 32.1. The molecule has 1 aromatic carbocycles. The van der Waals surface area contributed by atoms with Crippen molar-refractivity contribution in [2.75, 3.05) is 5.32 Å². The lowest BCUT2D eigenvalue weighted by Gasteiger charge is -2.12. The zero-order valence-corrected chi connectivity index (χ0v) is 18.2. The van der Waals surface area contributed by atoms with Crippen molar-refractivity contribution in [1.82, 2.24) is 15.0 Å². The molecule has 1 amide bonds. The number of thiazole rings is 1. The molecule has 32 heavy (non-hydrogen) atoms. The first-order chi connectivity index (χ1) is 15.7. The van der Waals surface area contributed by atoms with Crippen LogP contribution in [-0.2, 0) is 24.1 Å². The molecule has 6 nitrogen and oxygen atoms in total. The van der Waals surface area contributed by atoms with Gasteiger partial charge in [0.2, 0.25) is 5.91 Å². The van der Waals surface area contributed by atoms with Crippen molar-refractivity contribution < 1.29 is 9.59 Å². The predicted octanol–water partition coefficient (Wildman–Crippen LogP) is 4.82. The number of amides is 1. The molecular formula is C25H22N4O2S. The van der Waals surface area contributed by atoms with Gasteiger partial charge in [-0.2, -0.15) is 0 Å². The van der Waals surface area contributed by atoms with E-state index in [1.807, 2.05) is 35.7 Å². The quantitative estimate of drug-likeness (QED) is 0.448. The predicted molar refractivity (Wildman–Crippen MR) is 125 cm³/mol. The van der Waals surface area contributed by atoms with E-state index in [1.54, 1.807) is 11.7 Å². The first kappa shape index (κ1) is 20.3. The third kappa shape index (κ3) is 4.24. The van der Waals surface area contributed by atoms with Gasteiger partial charge in [-0.1, -0.05) is 30.3 Å². The molecule has 160 valence electrons. The summed E-state index contributed by atoms with van der Waals surface area (Å²) in [4.78, 5) is 37.2. The lowest BCUT2D eigenvalue weighted by Crippen LogP contribution is -2.15. The number of nitrogens with one attached hydrogen (secondary N) is 2. The molecule has 7 heteroatoms. The van der Waals surface area contributed by atoms with Crippen LogP contribution in [0.4, 0.5) is 5.82 Å². The first-order valence-electron chi connectivity index (χ1n) is 10.6. The number of rotatable bonds is 6. The molecule has 3 heterocycles. The molecule has 0 saturated heterocycles. The summed E-state index contributed by atoms with van der Waals surface area (Å²) in [7, 11) is 0. The van der Waals surface area contributed by atoms with Crippen molar-refractivity contribution in [2.24, 2.45) is 0 Å². The fourth-order valence-corrected chi connectivity index (χ4v) is 4.78. The second-order valence-electron chi connectivity index (χ2n) is 7.91. The Hall–Kier alpha value is -3.58. The third-order valence-corrected chi connectivity index (χ3v) is 6.29. The molecule has 0 radical (unpaired) electrons. The van der Waals surface area contributed by atoms with E-state index in [9.17, 15) is 9.59 Å². The number of pyridine rings is 1. The summed E-state index contributed by atoms with van der Waals surface area (Å²) in [5, 5.41) is 4.72. The first-order valence-corrected chi connectivity index (χ1v) is 11.6. The average Bonchev–Trinajstić information content (AvgIpc) is 3.43. The number of aromatic amines is 1. The van der Waals surface area contributed by atoms with Crippen LogP contribution < -0.4 is 5.32 Å². The van der Waals surface area contributed by atoms with Gasteiger partial charge in [-0.25, -0.2) is 9.97 Å². The molecule has 0 atom stereocenters. The zero-order chi connectivity index (χ0) is 21.9. The number of carbonyl (C=O) groups excluding carboxylic acids is 2. The Morgan fingerprint density at radius 2 is 2.00 bits per heavy atom. The Kier molecular flexibility index (Phi) is 5.64. The number of Topliss-reactive ketones (excluding diaryl/α,β-unsaturated/α-hetero) is 1. The number of benzene rings is 1. The van der Waals surface area contributed by atoms with Crippen molar-refractivity contribution in [2.45, 2.75) is 32.1 Å². The van der Waals surface area contributed by atoms with Crippen LogP contribution >= 0.6 is 11.3 Å². The van der Waals surface area contributed by atoms with E-state index in [4.69, 9.17) is 0 Å². The van der Waals surface area contributed by atoms with E-state index < -0.39 is 0 Å². The highest BCUT2D eigenvalue weighted by molar-refractivity contribution is 7.07. The largest absolute Gasteiger partial charge is 0.358 e. The van der Waals surface area contributed by atoms with Crippen LogP contribution in [0, 0.1) is 0 Å². The number of ketones is 1. The van der Waals surface area contributed by atoms with E-state index in [1.165, 1.54) is 11.3 Å². The second kappa shape index (κ2) is 8.88. The van der Waals surface area contributed by atoms with Gasteiger partial charge in [-0.3, -0.25) is 9.59 Å². The number of hydrogen-bond acceptors (Lipinski definition) is 5. The zero-order valence-electron chi connectivity index (χ0n) is 17.4. The Morgan fingerprint density at radius 1 is 1.12 bits per heavy atom. The van der Waals surface area contributed by atoms with Crippen molar-refractivity contribution >= 4 is 28.8 Å². The molecule has 1 aliphatic carbocycles. The fraction of sp³-hybridized carbons (Fsp3) is 0.200. The lowest BCUT2D eigenvalue weighted by atomic mass is 9.90. The lowest BCUT2D eigenvalue weighted by molar-refractivity contribution is -0.115. The molecule has 0 saturated carbocycles. The Labute approximate surface area is 189 Å². The van der Waals surface area contributed by atoms with Gasteiger partial charge >= 0.3 is 0 Å². The maximum absolute atomic E-state index is 12.8. The van der Waals surface area contributed by atoms with Crippen LogP contribution in [0.25, 0.3) is 11.3 Å². The van der Waals surface area contributed by atoms with Gasteiger partial charge in [0.1, 0.15) is 5.82 Å². The maximum Gasteiger partial charge on any atom is 0.231 e. The molecular weight excluding hydrogens is 420 g/mol. The topological polar surface area (TPSA) is 87.7 Å². The summed E-state index contributed by atoms with van der Waals surface area (Å²) in [5.74, 6) is 0.517. The SMILES string of the molecule is O=C(Cc1cscn1)Nc1cc(-c2[nH]c3c(c2Cc2ccccc2)C(=O)CCC3)ccn1. The average molecular weight is 443 g/mol. The molecule has 3 aromatic heterocycles. The highest BCUT2D eigenvalue weighted by Crippen LogP contribution is 2.35. The van der Waals surface area contributed by atoms with Crippen LogP contribution in [0.2, 0.25) is 0 Å². The molecule has 4 aromatic rings. The Morgan fingerprint density at radius 3 is 2.81 bits per heavy atom. The fourth-order valence-electron chi connectivity index (χ4n) is 4.22. The number of hydrogen-bond donors (Lipinski definition) is 2. The van der Waals surface area contributed by atoms with Crippen LogP contribution in [-0.4, -0.2) is 26.6 Å². The van der Waals surface area contributed by atoms with Gasteiger partial charge in [-0.15, -0.1) is 11.3 Å². The number of carbonyl (C=O) groups is 2. The van der Waals surface area contributed by atoms with E-state index >= 15 is 0 Å². The van der Waals surface area contributed by atoms with Gasteiger partial charge in [0.05, 0.1) is 23.3 Å². The summed E-state index contributed by atoms with van der Waals surface area (Å²) in [6, 6.07) is 13.9. The van der Waals surface area contributed by atoms with E-state index in [-0.39, 0.29) is 18.1 Å². The molecule has 1 aliphatic rings. The molecule has 5 rings (SSSR count). The normalized spacial score (nSPS) is 13.1. The van der Waals surface area contributed by atoms with E-state index in [2.05, 4.69) is 32.4 Å². The third-order valence-electron chi connectivity index (χ3n) is 5.66. The van der Waals surface area contributed by atoms with Gasteiger partial charge < -0.3 is 10.3 Å². The minimum atomic E-state index is -0.161. The summed E-state index contributed by atoms with van der Waals surface area (Å²) in [6.45, 7) is 0. The molecule has 0 spiro atoms. The van der Waals surface area contributed by atoms with Gasteiger partial charge in [-0.05, 0) is 36.1 Å². The Bertz CT molecular complexity index is 1260. The summed E-state index contributed by atoms with van der Waals surface area (Å²) >= 11 is 1.46. The summed E-state index contributed by atoms with van der Waals surface area (Å²) in [5.41, 5.74) is 8.29. The number of aromatic nitrogens is 3. The number of fused-ring (bicyclic) bond motifs is 1. The van der Waals surface area contributed by atoms with Crippen molar-refractivity contribution in [3.8, 4) is 11.3 Å². The maximum atomic E-state index is 12.8. The Balaban J connectivity index is 1.48. The summed E-state index contributed by atoms with van der Waals surface area (Å²) < 4.78 is 0. The minimum absolute atomic E-state index is 0.161. The molecule has 0 aliphatic heterocycles. The smallest absolute Gasteiger partial charge is 0.231 e. The van der Waals surface area contributed by atoms with Crippen molar-refractivity contribution in [3.63, 3.8) is 0 Å². The van der Waals surface area contributed by atoms with Gasteiger partial charge in [0, 0.05) is 41.2 Å². The second-order valence-corrected chi connectivity index (χ2v) is 8.62. The van der Waals surface area contributed by atoms with Crippen LogP contribution in [0.1, 0.15) is 45.7 Å². The molecule has 0 fully saturated rings. The van der Waals surface area contributed by atoms with Crippen molar-refractivity contribution in [1.29, 1.82) is 0 Å². The van der Waals surface area contributed by atoms with Gasteiger partial charge in [0.25, 0.3) is 0 Å². The molecule has 0 bridgehead atoms. The number of anilines is 1. The number of H-pyrrole nitrogens is 1. The highest BCUT2D eigenvalue weighted by Gasteiger charge is 2.26. The van der Waals surface area contributed by atoms with Crippen LogP contribution in [0.5, 0.6) is 0 Å². The summed E-state index contributed by atoms with van der Waals surface area (Å²) in [6.07, 6.45) is 4.87. The van der Waals surface area contributed by atoms with E-state index in [0.717, 1.165) is 52.2 Å². The molecule has 0 unspecified atom stereocenters. The monoisotopic (exact) mass is 442 g/mol.